The van der Waals surface area contributed by atoms with Gasteiger partial charge in [0, 0.05) is 57.9 Å². The second kappa shape index (κ2) is 11.0. The number of carbonyl (C=O) groups is 1. The molecule has 0 aromatic carbocycles. The summed E-state index contributed by atoms with van der Waals surface area (Å²) in [5.74, 6) is 2.23. The molecule has 0 unspecified atom stereocenters. The van der Waals surface area contributed by atoms with Gasteiger partial charge in [-0.3, -0.25) is 4.79 Å². The normalized spacial score (nSPS) is 17.9. The average molecular weight is 402 g/mol. The SMILES string of the molecule is CCNC(=NCc1ccnc(N2CCN(CC)CC2)c1)NCCNC(=O)C1CC1. The van der Waals surface area contributed by atoms with Gasteiger partial charge < -0.3 is 25.8 Å². The third kappa shape index (κ3) is 6.88. The van der Waals surface area contributed by atoms with Gasteiger partial charge in [0.25, 0.3) is 0 Å². The number of anilines is 1. The Bertz CT molecular complexity index is 681. The Labute approximate surface area is 174 Å². The number of aromatic nitrogens is 1. The molecule has 1 amide bonds. The van der Waals surface area contributed by atoms with Gasteiger partial charge in [-0.25, -0.2) is 9.98 Å². The van der Waals surface area contributed by atoms with Gasteiger partial charge in [-0.2, -0.15) is 0 Å². The van der Waals surface area contributed by atoms with E-state index in [0.29, 0.717) is 19.6 Å². The predicted molar refractivity (Wildman–Crippen MR) is 117 cm³/mol. The molecule has 0 bridgehead atoms. The number of pyridine rings is 1. The van der Waals surface area contributed by atoms with Crippen molar-refractivity contribution in [2.45, 2.75) is 33.2 Å². The van der Waals surface area contributed by atoms with Crippen molar-refractivity contribution >= 4 is 17.7 Å². The van der Waals surface area contributed by atoms with Crippen LogP contribution in [0.5, 0.6) is 0 Å². The summed E-state index contributed by atoms with van der Waals surface area (Å²) in [5, 5.41) is 9.51. The molecule has 2 aliphatic rings. The van der Waals surface area contributed by atoms with Crippen LogP contribution in [0.15, 0.2) is 23.3 Å². The van der Waals surface area contributed by atoms with E-state index in [0.717, 1.165) is 69.5 Å². The summed E-state index contributed by atoms with van der Waals surface area (Å²) in [4.78, 5) is 25.8. The molecule has 0 radical (unpaired) electrons. The molecule has 1 saturated carbocycles. The lowest BCUT2D eigenvalue weighted by Gasteiger charge is -2.34. The van der Waals surface area contributed by atoms with Crippen LogP contribution in [-0.2, 0) is 11.3 Å². The van der Waals surface area contributed by atoms with E-state index >= 15 is 0 Å². The highest BCUT2D eigenvalue weighted by atomic mass is 16.2. The summed E-state index contributed by atoms with van der Waals surface area (Å²) in [6.07, 6.45) is 3.94. The smallest absolute Gasteiger partial charge is 0.223 e. The lowest BCUT2D eigenvalue weighted by Crippen LogP contribution is -2.46. The number of likely N-dealkylation sites (N-methyl/N-ethyl adjacent to an activating group) is 1. The molecule has 3 N–H and O–H groups in total. The zero-order valence-corrected chi connectivity index (χ0v) is 17.8. The first-order valence-electron chi connectivity index (χ1n) is 10.9. The second-order valence-electron chi connectivity index (χ2n) is 7.63. The number of nitrogens with zero attached hydrogens (tertiary/aromatic N) is 4. The van der Waals surface area contributed by atoms with Crippen molar-refractivity contribution < 1.29 is 4.79 Å². The highest BCUT2D eigenvalue weighted by Gasteiger charge is 2.28. The Morgan fingerprint density at radius 3 is 2.59 bits per heavy atom. The van der Waals surface area contributed by atoms with Gasteiger partial charge in [0.15, 0.2) is 5.96 Å². The number of amides is 1. The van der Waals surface area contributed by atoms with Gasteiger partial charge in [0.05, 0.1) is 6.54 Å². The number of hydrogen-bond acceptors (Lipinski definition) is 5. The van der Waals surface area contributed by atoms with Crippen LogP contribution in [0.1, 0.15) is 32.3 Å². The van der Waals surface area contributed by atoms with Crippen molar-refractivity contribution in [3.63, 3.8) is 0 Å². The summed E-state index contributed by atoms with van der Waals surface area (Å²) in [6, 6.07) is 4.17. The summed E-state index contributed by atoms with van der Waals surface area (Å²) in [5.41, 5.74) is 1.15. The quantitative estimate of drug-likeness (QED) is 0.323. The zero-order chi connectivity index (χ0) is 20.5. The maximum atomic E-state index is 11.7. The molecular formula is C21H35N7O. The van der Waals surface area contributed by atoms with E-state index in [1.807, 2.05) is 19.2 Å². The molecule has 1 saturated heterocycles. The minimum absolute atomic E-state index is 0.179. The Morgan fingerprint density at radius 2 is 1.90 bits per heavy atom. The third-order valence-electron chi connectivity index (χ3n) is 5.38. The topological polar surface area (TPSA) is 84.9 Å². The van der Waals surface area contributed by atoms with E-state index in [9.17, 15) is 4.79 Å². The number of carbonyl (C=O) groups excluding carboxylic acids is 1. The van der Waals surface area contributed by atoms with Gasteiger partial charge in [-0.15, -0.1) is 0 Å². The van der Waals surface area contributed by atoms with Crippen LogP contribution in [0.2, 0.25) is 0 Å². The van der Waals surface area contributed by atoms with Gasteiger partial charge in [-0.1, -0.05) is 6.92 Å². The molecule has 1 aliphatic heterocycles. The molecule has 1 aromatic rings. The Hall–Kier alpha value is -2.35. The molecule has 1 aromatic heterocycles. The van der Waals surface area contributed by atoms with E-state index in [2.05, 4.69) is 48.7 Å². The second-order valence-corrected chi connectivity index (χ2v) is 7.63. The molecule has 1 aliphatic carbocycles. The van der Waals surface area contributed by atoms with Gasteiger partial charge in [0.2, 0.25) is 5.91 Å². The highest BCUT2D eigenvalue weighted by Crippen LogP contribution is 2.28. The van der Waals surface area contributed by atoms with Crippen molar-refractivity contribution in [1.29, 1.82) is 0 Å². The van der Waals surface area contributed by atoms with Crippen LogP contribution in [0.25, 0.3) is 0 Å². The largest absolute Gasteiger partial charge is 0.357 e. The molecule has 3 rings (SSSR count). The van der Waals surface area contributed by atoms with E-state index in [1.54, 1.807) is 0 Å². The van der Waals surface area contributed by atoms with Crippen molar-refractivity contribution in [2.24, 2.45) is 10.9 Å². The van der Waals surface area contributed by atoms with Crippen molar-refractivity contribution in [1.82, 2.24) is 25.8 Å². The number of guanidine groups is 1. The third-order valence-corrected chi connectivity index (χ3v) is 5.38. The van der Waals surface area contributed by atoms with E-state index < -0.39 is 0 Å². The van der Waals surface area contributed by atoms with Crippen LogP contribution < -0.4 is 20.9 Å². The van der Waals surface area contributed by atoms with Gasteiger partial charge in [0.1, 0.15) is 5.82 Å². The first kappa shape index (κ1) is 21.4. The maximum Gasteiger partial charge on any atom is 0.223 e. The van der Waals surface area contributed by atoms with Crippen LogP contribution in [0, 0.1) is 5.92 Å². The number of hydrogen-bond donors (Lipinski definition) is 3. The molecule has 2 heterocycles. The summed E-state index contributed by atoms with van der Waals surface area (Å²) in [6.45, 7) is 12.2. The van der Waals surface area contributed by atoms with Crippen LogP contribution in [0.3, 0.4) is 0 Å². The van der Waals surface area contributed by atoms with Crippen LogP contribution in [-0.4, -0.2) is 74.1 Å². The minimum atomic E-state index is 0.179. The van der Waals surface area contributed by atoms with E-state index in [4.69, 9.17) is 0 Å². The van der Waals surface area contributed by atoms with Crippen molar-refractivity contribution in [2.75, 3.05) is 57.3 Å². The van der Waals surface area contributed by atoms with Gasteiger partial charge >= 0.3 is 0 Å². The lowest BCUT2D eigenvalue weighted by molar-refractivity contribution is -0.122. The monoisotopic (exact) mass is 401 g/mol. The van der Waals surface area contributed by atoms with E-state index in [1.165, 1.54) is 0 Å². The predicted octanol–water partition coefficient (Wildman–Crippen LogP) is 0.805. The Balaban J connectivity index is 1.48. The lowest BCUT2D eigenvalue weighted by atomic mass is 10.2. The fourth-order valence-electron chi connectivity index (χ4n) is 3.39. The van der Waals surface area contributed by atoms with E-state index in [-0.39, 0.29) is 11.8 Å². The first-order valence-corrected chi connectivity index (χ1v) is 10.9. The number of piperazine rings is 1. The average Bonchev–Trinajstić information content (AvgIpc) is 3.60. The Morgan fingerprint density at radius 1 is 1.14 bits per heavy atom. The number of nitrogens with one attached hydrogen (secondary N) is 3. The molecule has 8 nitrogen and oxygen atoms in total. The molecule has 8 heteroatoms. The standard InChI is InChI=1S/C21H35N7O/c1-3-22-21(25-10-9-24-20(29)18-5-6-18)26-16-17-7-8-23-19(15-17)28-13-11-27(4-2)12-14-28/h7-8,15,18H,3-6,9-14,16H2,1-2H3,(H,24,29)(H2,22,25,26). The van der Waals surface area contributed by atoms with Crippen LogP contribution in [0.4, 0.5) is 5.82 Å². The molecular weight excluding hydrogens is 366 g/mol. The summed E-state index contributed by atoms with van der Waals surface area (Å²) in [7, 11) is 0. The highest BCUT2D eigenvalue weighted by molar-refractivity contribution is 5.81. The minimum Gasteiger partial charge on any atom is -0.357 e. The summed E-state index contributed by atoms with van der Waals surface area (Å²) < 4.78 is 0. The maximum absolute atomic E-state index is 11.7. The fraction of sp³-hybridized carbons (Fsp3) is 0.667. The Kier molecular flexibility index (Phi) is 8.10. The number of aliphatic imine (C=N–C) groups is 1. The number of rotatable bonds is 9. The molecule has 160 valence electrons. The first-order chi connectivity index (χ1) is 14.2. The summed E-state index contributed by atoms with van der Waals surface area (Å²) >= 11 is 0. The van der Waals surface area contributed by atoms with Gasteiger partial charge in [-0.05, 0) is 44.0 Å². The molecule has 0 spiro atoms. The zero-order valence-electron chi connectivity index (χ0n) is 17.8. The molecule has 2 fully saturated rings. The molecule has 0 atom stereocenters. The molecule has 29 heavy (non-hydrogen) atoms. The van der Waals surface area contributed by atoms with Crippen molar-refractivity contribution in [3.8, 4) is 0 Å². The fourth-order valence-corrected chi connectivity index (χ4v) is 3.39. The van der Waals surface area contributed by atoms with Crippen LogP contribution >= 0.6 is 0 Å². The van der Waals surface area contributed by atoms with Crippen molar-refractivity contribution in [3.05, 3.63) is 23.9 Å².